The van der Waals surface area contributed by atoms with E-state index in [4.69, 9.17) is 4.42 Å². The molecule has 0 radical (unpaired) electrons. The van der Waals surface area contributed by atoms with E-state index in [-0.39, 0.29) is 0 Å². The standard InChI is InChI=1S/C64H43NO/c1-3-14-44(15-4-1)52-41-53(45-16-5-2-6-17-45)43-54(42-52)47-30-36-56(37-31-47)65(57-38-32-49(33-39-57)60-25-13-27-63-64(60)61-23-9-10-26-62(61)66-63)55-34-28-46(29-35-55)50-20-11-21-51(40-50)59-24-12-19-48-18-7-8-22-58(48)59/h1-43H. The van der Waals surface area contributed by atoms with Crippen molar-refractivity contribution in [1.29, 1.82) is 0 Å². The second-order valence-corrected chi connectivity index (χ2v) is 16.9. The molecule has 1 heterocycles. The lowest BCUT2D eigenvalue weighted by molar-refractivity contribution is 0.669. The van der Waals surface area contributed by atoms with Crippen LogP contribution in [0, 0.1) is 0 Å². The first-order valence-electron chi connectivity index (χ1n) is 22.6. The molecule has 1 aromatic heterocycles. The Balaban J connectivity index is 0.934. The molecule has 0 atom stereocenters. The fraction of sp³-hybridized carbons (Fsp3) is 0. The van der Waals surface area contributed by atoms with Gasteiger partial charge in [0.05, 0.1) is 0 Å². The smallest absolute Gasteiger partial charge is 0.136 e. The van der Waals surface area contributed by atoms with Gasteiger partial charge in [0, 0.05) is 27.8 Å². The van der Waals surface area contributed by atoms with Crippen molar-refractivity contribution < 1.29 is 4.42 Å². The van der Waals surface area contributed by atoms with E-state index in [1.54, 1.807) is 0 Å². The zero-order valence-electron chi connectivity index (χ0n) is 36.2. The summed E-state index contributed by atoms with van der Waals surface area (Å²) in [4.78, 5) is 2.35. The number of anilines is 3. The maximum absolute atomic E-state index is 6.27. The van der Waals surface area contributed by atoms with Gasteiger partial charge in [0.25, 0.3) is 0 Å². The molecule has 0 fully saturated rings. The Morgan fingerprint density at radius 1 is 0.242 bits per heavy atom. The summed E-state index contributed by atoms with van der Waals surface area (Å²) < 4.78 is 6.27. The highest BCUT2D eigenvalue weighted by molar-refractivity contribution is 6.12. The van der Waals surface area contributed by atoms with Gasteiger partial charge < -0.3 is 9.32 Å². The molecule has 310 valence electrons. The van der Waals surface area contributed by atoms with Crippen LogP contribution in [0.2, 0.25) is 0 Å². The van der Waals surface area contributed by atoms with E-state index >= 15 is 0 Å². The van der Waals surface area contributed by atoms with Gasteiger partial charge >= 0.3 is 0 Å². The maximum atomic E-state index is 6.27. The van der Waals surface area contributed by atoms with Crippen LogP contribution in [0.15, 0.2) is 265 Å². The normalized spacial score (nSPS) is 11.3. The highest BCUT2D eigenvalue weighted by Gasteiger charge is 2.17. The van der Waals surface area contributed by atoms with Crippen molar-refractivity contribution in [2.45, 2.75) is 0 Å². The number of furan rings is 1. The Morgan fingerprint density at radius 2 is 0.652 bits per heavy atom. The molecule has 12 aromatic rings. The van der Waals surface area contributed by atoms with Crippen LogP contribution in [0.4, 0.5) is 17.1 Å². The Kier molecular flexibility index (Phi) is 9.89. The predicted molar refractivity (Wildman–Crippen MR) is 279 cm³/mol. The average molecular weight is 842 g/mol. The minimum absolute atomic E-state index is 0.896. The fourth-order valence-electron chi connectivity index (χ4n) is 9.59. The summed E-state index contributed by atoms with van der Waals surface area (Å²) in [5.74, 6) is 0. The Morgan fingerprint density at radius 3 is 1.29 bits per heavy atom. The van der Waals surface area contributed by atoms with Gasteiger partial charge in [-0.3, -0.25) is 0 Å². The minimum Gasteiger partial charge on any atom is -0.456 e. The lowest BCUT2D eigenvalue weighted by Gasteiger charge is -2.26. The van der Waals surface area contributed by atoms with Gasteiger partial charge in [-0.2, -0.15) is 0 Å². The van der Waals surface area contributed by atoms with Crippen LogP contribution in [-0.2, 0) is 0 Å². The number of rotatable bonds is 9. The minimum atomic E-state index is 0.896. The summed E-state index contributed by atoms with van der Waals surface area (Å²) >= 11 is 0. The van der Waals surface area contributed by atoms with Crippen molar-refractivity contribution in [3.8, 4) is 66.8 Å². The molecule has 12 rings (SSSR count). The molecule has 0 N–H and O–H groups in total. The highest BCUT2D eigenvalue weighted by Crippen LogP contribution is 2.42. The summed E-state index contributed by atoms with van der Waals surface area (Å²) in [5.41, 5.74) is 19.2. The predicted octanol–water partition coefficient (Wildman–Crippen LogP) is 18.2. The third kappa shape index (κ3) is 7.31. The number of benzene rings is 11. The van der Waals surface area contributed by atoms with Gasteiger partial charge in [-0.05, 0) is 150 Å². The Hall–Kier alpha value is -8.72. The maximum Gasteiger partial charge on any atom is 0.136 e. The fourth-order valence-corrected chi connectivity index (χ4v) is 9.59. The van der Waals surface area contributed by atoms with E-state index in [1.807, 2.05) is 12.1 Å². The summed E-state index contributed by atoms with van der Waals surface area (Å²) in [6.45, 7) is 0. The van der Waals surface area contributed by atoms with Crippen molar-refractivity contribution in [3.63, 3.8) is 0 Å². The number of para-hydroxylation sites is 1. The van der Waals surface area contributed by atoms with Crippen LogP contribution in [0.25, 0.3) is 99.5 Å². The third-order valence-corrected chi connectivity index (χ3v) is 12.9. The molecule has 66 heavy (non-hydrogen) atoms. The molecule has 0 amide bonds. The molecule has 0 aliphatic carbocycles. The number of fused-ring (bicyclic) bond motifs is 4. The van der Waals surface area contributed by atoms with Crippen LogP contribution in [0.5, 0.6) is 0 Å². The van der Waals surface area contributed by atoms with Gasteiger partial charge in [-0.25, -0.2) is 0 Å². The average Bonchev–Trinajstić information content (AvgIpc) is 3.79. The van der Waals surface area contributed by atoms with Gasteiger partial charge in [-0.15, -0.1) is 0 Å². The summed E-state index contributed by atoms with van der Waals surface area (Å²) in [6, 6.07) is 93.9. The van der Waals surface area contributed by atoms with E-state index in [0.717, 1.165) is 55.7 Å². The van der Waals surface area contributed by atoms with Crippen molar-refractivity contribution in [2.75, 3.05) is 4.90 Å². The van der Waals surface area contributed by atoms with Crippen LogP contribution < -0.4 is 4.90 Å². The molecule has 0 unspecified atom stereocenters. The zero-order chi connectivity index (χ0) is 43.8. The number of hydrogen-bond acceptors (Lipinski definition) is 2. The number of hydrogen-bond donors (Lipinski definition) is 0. The molecule has 0 bridgehead atoms. The van der Waals surface area contributed by atoms with Gasteiger partial charge in [0.1, 0.15) is 11.2 Å². The third-order valence-electron chi connectivity index (χ3n) is 12.9. The van der Waals surface area contributed by atoms with Crippen LogP contribution in [-0.4, -0.2) is 0 Å². The van der Waals surface area contributed by atoms with E-state index in [0.29, 0.717) is 0 Å². The van der Waals surface area contributed by atoms with Gasteiger partial charge in [-0.1, -0.05) is 188 Å². The molecular formula is C64H43NO. The van der Waals surface area contributed by atoms with Gasteiger partial charge in [0.15, 0.2) is 0 Å². The molecular weight excluding hydrogens is 799 g/mol. The topological polar surface area (TPSA) is 16.4 Å². The van der Waals surface area contributed by atoms with Gasteiger partial charge in [0.2, 0.25) is 0 Å². The monoisotopic (exact) mass is 841 g/mol. The molecule has 11 aromatic carbocycles. The molecule has 0 spiro atoms. The molecule has 0 saturated heterocycles. The highest BCUT2D eigenvalue weighted by atomic mass is 16.3. The van der Waals surface area contributed by atoms with Crippen LogP contribution in [0.3, 0.4) is 0 Å². The summed E-state index contributed by atoms with van der Waals surface area (Å²) in [6.07, 6.45) is 0. The van der Waals surface area contributed by atoms with Crippen molar-refractivity contribution in [2.24, 2.45) is 0 Å². The SMILES string of the molecule is c1ccc(-c2cc(-c3ccccc3)cc(-c3ccc(N(c4ccc(-c5cccc(-c6cccc7ccccc67)c5)cc4)c4ccc(-c5cccc6oc7ccccc7c56)cc4)cc3)c2)cc1. The first-order chi connectivity index (χ1) is 32.7. The number of nitrogens with zero attached hydrogens (tertiary/aromatic N) is 1. The molecule has 0 aliphatic rings. The van der Waals surface area contributed by atoms with Crippen molar-refractivity contribution >= 4 is 49.8 Å². The second-order valence-electron chi connectivity index (χ2n) is 16.9. The Bertz CT molecular complexity index is 3600. The zero-order valence-corrected chi connectivity index (χ0v) is 36.2. The Labute approximate surface area is 384 Å². The lowest BCUT2D eigenvalue weighted by Crippen LogP contribution is -2.09. The molecule has 0 saturated carbocycles. The lowest BCUT2D eigenvalue weighted by atomic mass is 9.93. The quantitative estimate of drug-likeness (QED) is 0.144. The van der Waals surface area contributed by atoms with E-state index in [2.05, 4.69) is 254 Å². The molecule has 2 heteroatoms. The first kappa shape index (κ1) is 38.9. The van der Waals surface area contributed by atoms with Crippen LogP contribution in [0.1, 0.15) is 0 Å². The van der Waals surface area contributed by atoms with E-state index in [9.17, 15) is 0 Å². The van der Waals surface area contributed by atoms with E-state index in [1.165, 1.54) is 60.8 Å². The second kappa shape index (κ2) is 16.8. The van der Waals surface area contributed by atoms with Crippen molar-refractivity contribution in [1.82, 2.24) is 0 Å². The van der Waals surface area contributed by atoms with Crippen LogP contribution >= 0.6 is 0 Å². The molecule has 2 nitrogen and oxygen atoms in total. The summed E-state index contributed by atoms with van der Waals surface area (Å²) in [5, 5.41) is 4.77. The molecule has 0 aliphatic heterocycles. The van der Waals surface area contributed by atoms with Crippen molar-refractivity contribution in [3.05, 3.63) is 261 Å². The summed E-state index contributed by atoms with van der Waals surface area (Å²) in [7, 11) is 0. The largest absolute Gasteiger partial charge is 0.456 e. The van der Waals surface area contributed by atoms with E-state index < -0.39 is 0 Å². The first-order valence-corrected chi connectivity index (χ1v) is 22.6.